The molecule has 1 aromatic carbocycles. The van der Waals surface area contributed by atoms with Crippen LogP contribution in [0.25, 0.3) is 5.69 Å². The van der Waals surface area contributed by atoms with Gasteiger partial charge in [0.1, 0.15) is 5.69 Å². The van der Waals surface area contributed by atoms with Crippen molar-refractivity contribution >= 4 is 0 Å². The zero-order chi connectivity index (χ0) is 13.9. The number of nitrogens with zero attached hydrogens (tertiary/aromatic N) is 3. The second-order valence-electron chi connectivity index (χ2n) is 5.54. The van der Waals surface area contributed by atoms with Gasteiger partial charge in [-0.15, -0.1) is 5.10 Å². The third kappa shape index (κ3) is 2.61. The van der Waals surface area contributed by atoms with Crippen molar-refractivity contribution < 1.29 is 5.11 Å². The molecule has 3 rings (SSSR count). The van der Waals surface area contributed by atoms with E-state index >= 15 is 0 Å². The number of hydrogen-bond acceptors (Lipinski definition) is 3. The van der Waals surface area contributed by atoms with Crippen molar-refractivity contribution in [1.29, 1.82) is 0 Å². The molecule has 1 aliphatic carbocycles. The first-order chi connectivity index (χ1) is 9.83. The molecular weight excluding hydrogens is 250 g/mol. The van der Waals surface area contributed by atoms with Crippen molar-refractivity contribution in [3.63, 3.8) is 0 Å². The third-order valence-electron chi connectivity index (χ3n) is 3.89. The van der Waals surface area contributed by atoms with Gasteiger partial charge in [-0.3, -0.25) is 0 Å². The lowest BCUT2D eigenvalue weighted by Gasteiger charge is -2.07. The molecule has 0 atom stereocenters. The first kappa shape index (κ1) is 13.3. The van der Waals surface area contributed by atoms with E-state index in [1.165, 1.54) is 31.2 Å². The highest BCUT2D eigenvalue weighted by Crippen LogP contribution is 2.41. The predicted octanol–water partition coefficient (Wildman–Crippen LogP) is 2.98. The van der Waals surface area contributed by atoms with Crippen LogP contribution in [0.5, 0.6) is 0 Å². The molecule has 1 fully saturated rings. The Morgan fingerprint density at radius 1 is 1.25 bits per heavy atom. The maximum atomic E-state index is 9.38. The minimum absolute atomic E-state index is 0.0274. The van der Waals surface area contributed by atoms with E-state index in [-0.39, 0.29) is 6.61 Å². The zero-order valence-corrected chi connectivity index (χ0v) is 11.9. The summed E-state index contributed by atoms with van der Waals surface area (Å²) in [5.41, 5.74) is 4.22. The molecule has 0 radical (unpaired) electrons. The smallest absolute Gasteiger partial charge is 0.112 e. The lowest BCUT2D eigenvalue weighted by molar-refractivity contribution is 0.275. The molecule has 20 heavy (non-hydrogen) atoms. The van der Waals surface area contributed by atoms with Gasteiger partial charge in [0.05, 0.1) is 18.0 Å². The summed E-state index contributed by atoms with van der Waals surface area (Å²) in [6, 6.07) is 8.54. The van der Waals surface area contributed by atoms with E-state index in [0.29, 0.717) is 5.92 Å². The molecule has 1 aliphatic rings. The Labute approximate surface area is 119 Å². The van der Waals surface area contributed by atoms with Crippen LogP contribution in [-0.2, 0) is 13.0 Å². The van der Waals surface area contributed by atoms with Crippen LogP contribution in [0.1, 0.15) is 55.5 Å². The van der Waals surface area contributed by atoms with Gasteiger partial charge >= 0.3 is 0 Å². The fourth-order valence-electron chi connectivity index (χ4n) is 2.57. The molecule has 2 aromatic rings. The maximum Gasteiger partial charge on any atom is 0.112 e. The third-order valence-corrected chi connectivity index (χ3v) is 3.89. The summed E-state index contributed by atoms with van der Waals surface area (Å²) >= 11 is 0. The van der Waals surface area contributed by atoms with E-state index in [2.05, 4.69) is 41.5 Å². The molecule has 0 bridgehead atoms. The van der Waals surface area contributed by atoms with Crippen LogP contribution in [0.15, 0.2) is 24.3 Å². The number of benzene rings is 1. The highest BCUT2D eigenvalue weighted by molar-refractivity contribution is 5.37. The first-order valence-corrected chi connectivity index (χ1v) is 7.48. The maximum absolute atomic E-state index is 9.38. The Bertz CT molecular complexity index is 570. The lowest BCUT2D eigenvalue weighted by Crippen LogP contribution is -2.03. The second kappa shape index (κ2) is 5.75. The molecule has 1 heterocycles. The number of aromatic nitrogens is 3. The standard InChI is InChI=1S/C16H21N3O/c1-2-3-4-12-5-9-14(10-6-12)19-16(13-7-8-13)15(11-20)17-18-19/h5-6,9-10,13,20H,2-4,7-8,11H2,1H3. The summed E-state index contributed by atoms with van der Waals surface area (Å²) in [6.07, 6.45) is 5.93. The molecule has 4 heteroatoms. The second-order valence-corrected chi connectivity index (χ2v) is 5.54. The van der Waals surface area contributed by atoms with Gasteiger partial charge in [0.15, 0.2) is 0 Å². The molecule has 0 unspecified atom stereocenters. The van der Waals surface area contributed by atoms with Crippen LogP contribution in [0.2, 0.25) is 0 Å². The van der Waals surface area contributed by atoms with E-state index in [0.717, 1.165) is 23.5 Å². The van der Waals surface area contributed by atoms with Crippen LogP contribution in [-0.4, -0.2) is 20.1 Å². The number of unbranched alkanes of at least 4 members (excludes halogenated alkanes) is 1. The lowest BCUT2D eigenvalue weighted by atomic mass is 10.1. The van der Waals surface area contributed by atoms with Crippen molar-refractivity contribution in [1.82, 2.24) is 15.0 Å². The number of aliphatic hydroxyl groups excluding tert-OH is 1. The van der Waals surface area contributed by atoms with E-state index < -0.39 is 0 Å². The van der Waals surface area contributed by atoms with Crippen molar-refractivity contribution in [3.05, 3.63) is 41.2 Å². The quantitative estimate of drug-likeness (QED) is 0.878. The minimum Gasteiger partial charge on any atom is -0.390 e. The molecule has 1 N–H and O–H groups in total. The highest BCUT2D eigenvalue weighted by Gasteiger charge is 2.31. The molecule has 1 aromatic heterocycles. The van der Waals surface area contributed by atoms with E-state index in [9.17, 15) is 5.11 Å². The minimum atomic E-state index is -0.0274. The normalized spacial score (nSPS) is 14.7. The zero-order valence-electron chi connectivity index (χ0n) is 11.9. The van der Waals surface area contributed by atoms with Crippen LogP contribution >= 0.6 is 0 Å². The molecule has 4 nitrogen and oxygen atoms in total. The fourth-order valence-corrected chi connectivity index (χ4v) is 2.57. The fraction of sp³-hybridized carbons (Fsp3) is 0.500. The highest BCUT2D eigenvalue weighted by atomic mass is 16.3. The topological polar surface area (TPSA) is 50.9 Å². The Kier molecular flexibility index (Phi) is 3.83. The Morgan fingerprint density at radius 3 is 2.60 bits per heavy atom. The largest absolute Gasteiger partial charge is 0.390 e. The first-order valence-electron chi connectivity index (χ1n) is 7.48. The van der Waals surface area contributed by atoms with Gasteiger partial charge in [-0.2, -0.15) is 0 Å². The molecule has 0 aliphatic heterocycles. The molecule has 0 saturated heterocycles. The van der Waals surface area contributed by atoms with Gasteiger partial charge in [0, 0.05) is 5.92 Å². The average Bonchev–Trinajstić information content (AvgIpc) is 3.24. The Morgan fingerprint density at radius 2 is 2.00 bits per heavy atom. The molecule has 1 saturated carbocycles. The molecule has 106 valence electrons. The molecule has 0 amide bonds. The van der Waals surface area contributed by atoms with Crippen molar-refractivity contribution in [3.8, 4) is 5.69 Å². The summed E-state index contributed by atoms with van der Waals surface area (Å²) in [5.74, 6) is 0.520. The number of aryl methyl sites for hydroxylation is 1. The van der Waals surface area contributed by atoms with Gasteiger partial charge < -0.3 is 5.11 Å². The van der Waals surface area contributed by atoms with Crippen molar-refractivity contribution in [2.45, 2.75) is 51.6 Å². The Hall–Kier alpha value is -1.68. The van der Waals surface area contributed by atoms with E-state index in [1.54, 1.807) is 0 Å². The van der Waals surface area contributed by atoms with Gasteiger partial charge in [-0.05, 0) is 43.4 Å². The predicted molar refractivity (Wildman–Crippen MR) is 77.9 cm³/mol. The van der Waals surface area contributed by atoms with Crippen molar-refractivity contribution in [2.24, 2.45) is 0 Å². The number of aliphatic hydroxyl groups is 1. The summed E-state index contributed by atoms with van der Waals surface area (Å²) in [7, 11) is 0. The van der Waals surface area contributed by atoms with Gasteiger partial charge in [0.2, 0.25) is 0 Å². The number of hydrogen-bond donors (Lipinski definition) is 1. The van der Waals surface area contributed by atoms with Crippen LogP contribution in [0, 0.1) is 0 Å². The van der Waals surface area contributed by atoms with Crippen LogP contribution in [0.3, 0.4) is 0 Å². The number of rotatable bonds is 6. The van der Waals surface area contributed by atoms with Gasteiger partial charge in [-0.1, -0.05) is 30.7 Å². The summed E-state index contributed by atoms with van der Waals surface area (Å²) < 4.78 is 1.90. The van der Waals surface area contributed by atoms with E-state index in [1.807, 2.05) is 4.68 Å². The summed E-state index contributed by atoms with van der Waals surface area (Å²) in [5, 5.41) is 17.7. The van der Waals surface area contributed by atoms with Crippen LogP contribution in [0.4, 0.5) is 0 Å². The average molecular weight is 271 g/mol. The van der Waals surface area contributed by atoms with Gasteiger partial charge in [-0.25, -0.2) is 4.68 Å². The summed E-state index contributed by atoms with van der Waals surface area (Å²) in [6.45, 7) is 2.18. The summed E-state index contributed by atoms with van der Waals surface area (Å²) in [4.78, 5) is 0. The monoisotopic (exact) mass is 271 g/mol. The van der Waals surface area contributed by atoms with E-state index in [4.69, 9.17) is 0 Å². The molecular formula is C16H21N3O. The van der Waals surface area contributed by atoms with Gasteiger partial charge in [0.25, 0.3) is 0 Å². The van der Waals surface area contributed by atoms with Crippen LogP contribution < -0.4 is 0 Å². The SMILES string of the molecule is CCCCc1ccc(-n2nnc(CO)c2C2CC2)cc1. The van der Waals surface area contributed by atoms with Crippen molar-refractivity contribution in [2.75, 3.05) is 0 Å². The molecule has 0 spiro atoms. The Balaban J connectivity index is 1.87.